The average Bonchev–Trinajstić information content (AvgIpc) is 3.04. The van der Waals surface area contributed by atoms with Gasteiger partial charge in [-0.3, -0.25) is 0 Å². The van der Waals surface area contributed by atoms with Crippen LogP contribution in [0.1, 0.15) is 65.7 Å². The molecule has 3 nitrogen and oxygen atoms in total. The highest BCUT2D eigenvalue weighted by Crippen LogP contribution is 2.24. The van der Waals surface area contributed by atoms with Gasteiger partial charge < -0.3 is 15.4 Å². The predicted molar refractivity (Wildman–Crippen MR) is 80.5 cm³/mol. The van der Waals surface area contributed by atoms with Gasteiger partial charge in [0.1, 0.15) is 0 Å². The zero-order valence-electron chi connectivity index (χ0n) is 13.0. The Morgan fingerprint density at radius 3 is 2.42 bits per heavy atom. The SMILES string of the molecule is CC(C)(C)NCC1CCC(CCCCNC2CC2)O1. The van der Waals surface area contributed by atoms with Crippen LogP contribution in [0.3, 0.4) is 0 Å². The van der Waals surface area contributed by atoms with E-state index >= 15 is 0 Å². The van der Waals surface area contributed by atoms with Crippen LogP contribution in [0.4, 0.5) is 0 Å². The third-order valence-corrected chi connectivity index (χ3v) is 4.02. The minimum atomic E-state index is 0.204. The van der Waals surface area contributed by atoms with Gasteiger partial charge >= 0.3 is 0 Å². The molecule has 2 unspecified atom stereocenters. The molecule has 1 aliphatic carbocycles. The Morgan fingerprint density at radius 2 is 1.74 bits per heavy atom. The van der Waals surface area contributed by atoms with E-state index in [2.05, 4.69) is 31.4 Å². The minimum Gasteiger partial charge on any atom is -0.374 e. The molecule has 1 saturated heterocycles. The summed E-state index contributed by atoms with van der Waals surface area (Å²) in [6.07, 6.45) is 10.1. The van der Waals surface area contributed by atoms with Gasteiger partial charge in [-0.25, -0.2) is 0 Å². The second-order valence-corrected chi connectivity index (χ2v) is 7.31. The summed E-state index contributed by atoms with van der Waals surface area (Å²) in [6, 6.07) is 0.857. The molecular weight excluding hydrogens is 236 g/mol. The van der Waals surface area contributed by atoms with Crippen LogP contribution < -0.4 is 10.6 Å². The van der Waals surface area contributed by atoms with Gasteiger partial charge in [-0.05, 0) is 72.3 Å². The van der Waals surface area contributed by atoms with Crippen molar-refractivity contribution in [1.82, 2.24) is 10.6 Å². The third-order valence-electron chi connectivity index (χ3n) is 4.02. The Bertz CT molecular complexity index is 258. The van der Waals surface area contributed by atoms with Crippen LogP contribution in [0.2, 0.25) is 0 Å². The fourth-order valence-corrected chi connectivity index (χ4v) is 2.65. The van der Waals surface area contributed by atoms with Gasteiger partial charge in [0.2, 0.25) is 0 Å². The molecule has 2 atom stereocenters. The summed E-state index contributed by atoms with van der Waals surface area (Å²) in [5.41, 5.74) is 0.204. The van der Waals surface area contributed by atoms with Crippen molar-refractivity contribution in [3.8, 4) is 0 Å². The van der Waals surface area contributed by atoms with E-state index in [0.717, 1.165) is 12.6 Å². The van der Waals surface area contributed by atoms with E-state index in [-0.39, 0.29) is 5.54 Å². The molecular formula is C16H32N2O. The summed E-state index contributed by atoms with van der Waals surface area (Å²) in [4.78, 5) is 0. The largest absolute Gasteiger partial charge is 0.374 e. The van der Waals surface area contributed by atoms with Gasteiger partial charge in [-0.15, -0.1) is 0 Å². The predicted octanol–water partition coefficient (Wildman–Crippen LogP) is 2.84. The molecule has 19 heavy (non-hydrogen) atoms. The normalized spacial score (nSPS) is 27.9. The Morgan fingerprint density at radius 1 is 1.00 bits per heavy atom. The zero-order chi connectivity index (χ0) is 13.7. The lowest BCUT2D eigenvalue weighted by Crippen LogP contribution is -2.40. The number of nitrogens with one attached hydrogen (secondary N) is 2. The van der Waals surface area contributed by atoms with E-state index in [0.29, 0.717) is 12.2 Å². The molecule has 2 aliphatic rings. The summed E-state index contributed by atoms with van der Waals surface area (Å²) in [5.74, 6) is 0. The van der Waals surface area contributed by atoms with Crippen molar-refractivity contribution in [2.45, 2.75) is 89.5 Å². The lowest BCUT2D eigenvalue weighted by molar-refractivity contribution is 0.0365. The molecule has 112 valence electrons. The van der Waals surface area contributed by atoms with Crippen LogP contribution >= 0.6 is 0 Å². The monoisotopic (exact) mass is 268 g/mol. The smallest absolute Gasteiger partial charge is 0.0704 e. The topological polar surface area (TPSA) is 33.3 Å². The molecule has 0 aromatic heterocycles. The van der Waals surface area contributed by atoms with Crippen LogP contribution in [0.25, 0.3) is 0 Å². The Labute approximate surface area is 118 Å². The van der Waals surface area contributed by atoms with Gasteiger partial charge in [0.15, 0.2) is 0 Å². The van der Waals surface area contributed by atoms with Crippen molar-refractivity contribution in [1.29, 1.82) is 0 Å². The van der Waals surface area contributed by atoms with Crippen LogP contribution in [0, 0.1) is 0 Å². The summed E-state index contributed by atoms with van der Waals surface area (Å²) >= 11 is 0. The maximum Gasteiger partial charge on any atom is 0.0704 e. The molecule has 3 heteroatoms. The highest BCUT2D eigenvalue weighted by atomic mass is 16.5. The van der Waals surface area contributed by atoms with Crippen LogP contribution in [0.5, 0.6) is 0 Å². The average molecular weight is 268 g/mol. The fraction of sp³-hybridized carbons (Fsp3) is 1.00. The molecule has 2 fully saturated rings. The van der Waals surface area contributed by atoms with Crippen LogP contribution in [0.15, 0.2) is 0 Å². The summed E-state index contributed by atoms with van der Waals surface area (Å²) in [6.45, 7) is 8.85. The molecule has 0 spiro atoms. The number of rotatable bonds is 8. The molecule has 0 amide bonds. The second kappa shape index (κ2) is 7.05. The lowest BCUT2D eigenvalue weighted by Gasteiger charge is -2.23. The lowest BCUT2D eigenvalue weighted by atomic mass is 10.1. The molecule has 2 rings (SSSR count). The van der Waals surface area contributed by atoms with Gasteiger partial charge in [-0.1, -0.05) is 0 Å². The molecule has 0 aromatic rings. The summed E-state index contributed by atoms with van der Waals surface area (Å²) in [7, 11) is 0. The Balaban J connectivity index is 1.47. The first-order valence-electron chi connectivity index (χ1n) is 8.17. The molecule has 0 bridgehead atoms. The van der Waals surface area contributed by atoms with Crippen molar-refractivity contribution in [2.24, 2.45) is 0 Å². The van der Waals surface area contributed by atoms with Crippen molar-refractivity contribution in [3.63, 3.8) is 0 Å². The summed E-state index contributed by atoms with van der Waals surface area (Å²) < 4.78 is 6.11. The Kier molecular flexibility index (Phi) is 5.67. The van der Waals surface area contributed by atoms with E-state index < -0.39 is 0 Å². The third kappa shape index (κ3) is 6.73. The van der Waals surface area contributed by atoms with Crippen molar-refractivity contribution in [2.75, 3.05) is 13.1 Å². The van der Waals surface area contributed by atoms with E-state index in [9.17, 15) is 0 Å². The standard InChI is InChI=1S/C16H32N2O/c1-16(2,3)18-12-15-10-9-14(19-15)6-4-5-11-17-13-7-8-13/h13-15,17-18H,4-12H2,1-3H3. The fourth-order valence-electron chi connectivity index (χ4n) is 2.65. The number of ether oxygens (including phenoxy) is 1. The number of unbranched alkanes of at least 4 members (excludes halogenated alkanes) is 1. The molecule has 2 N–H and O–H groups in total. The molecule has 1 saturated carbocycles. The quantitative estimate of drug-likeness (QED) is 0.664. The van der Waals surface area contributed by atoms with Gasteiger partial charge in [0, 0.05) is 18.1 Å². The molecule has 0 aromatic carbocycles. The second-order valence-electron chi connectivity index (χ2n) is 7.31. The maximum absolute atomic E-state index is 6.11. The van der Waals surface area contributed by atoms with E-state index in [1.807, 2.05) is 0 Å². The van der Waals surface area contributed by atoms with E-state index in [1.54, 1.807) is 0 Å². The van der Waals surface area contributed by atoms with Gasteiger partial charge in [-0.2, -0.15) is 0 Å². The van der Waals surface area contributed by atoms with Crippen molar-refractivity contribution in [3.05, 3.63) is 0 Å². The first kappa shape index (κ1) is 15.3. The first-order chi connectivity index (χ1) is 9.03. The molecule has 1 heterocycles. The zero-order valence-corrected chi connectivity index (χ0v) is 13.0. The van der Waals surface area contributed by atoms with Gasteiger partial charge in [0.25, 0.3) is 0 Å². The molecule has 1 aliphatic heterocycles. The van der Waals surface area contributed by atoms with Crippen molar-refractivity contribution < 1.29 is 4.74 Å². The summed E-state index contributed by atoms with van der Waals surface area (Å²) in [5, 5.41) is 7.12. The van der Waals surface area contributed by atoms with Gasteiger partial charge in [0.05, 0.1) is 12.2 Å². The van der Waals surface area contributed by atoms with E-state index in [1.165, 1.54) is 51.5 Å². The first-order valence-corrected chi connectivity index (χ1v) is 8.17. The highest BCUT2D eigenvalue weighted by molar-refractivity contribution is 4.81. The maximum atomic E-state index is 6.11. The highest BCUT2D eigenvalue weighted by Gasteiger charge is 2.25. The number of hydrogen-bond acceptors (Lipinski definition) is 3. The Hall–Kier alpha value is -0.120. The van der Waals surface area contributed by atoms with E-state index in [4.69, 9.17) is 4.74 Å². The number of hydrogen-bond donors (Lipinski definition) is 2. The molecule has 0 radical (unpaired) electrons. The van der Waals surface area contributed by atoms with Crippen molar-refractivity contribution >= 4 is 0 Å². The van der Waals surface area contributed by atoms with Crippen LogP contribution in [-0.2, 0) is 4.74 Å². The minimum absolute atomic E-state index is 0.204. The van der Waals surface area contributed by atoms with Crippen LogP contribution in [-0.4, -0.2) is 36.9 Å².